The first-order valence-corrected chi connectivity index (χ1v) is 9.38. The van der Waals surface area contributed by atoms with Gasteiger partial charge >= 0.3 is 12.1 Å². The number of likely N-dealkylation sites (tertiary alicyclic amines) is 1. The van der Waals surface area contributed by atoms with Gasteiger partial charge < -0.3 is 5.11 Å². The highest BCUT2D eigenvalue weighted by molar-refractivity contribution is 5.70. The van der Waals surface area contributed by atoms with Gasteiger partial charge in [0.05, 0.1) is 17.5 Å². The molecule has 1 saturated heterocycles. The minimum Gasteiger partial charge on any atom is -0.481 e. The second kappa shape index (κ2) is 7.95. The zero-order chi connectivity index (χ0) is 20.5. The molecule has 1 aliphatic heterocycles. The molecule has 0 aliphatic carbocycles. The summed E-state index contributed by atoms with van der Waals surface area (Å²) in [5.74, 6) is -1.14. The highest BCUT2D eigenvalue weighted by atomic mass is 19.4. The van der Waals surface area contributed by atoms with Gasteiger partial charge in [0.15, 0.2) is 0 Å². The third kappa shape index (κ3) is 4.38. The van der Waals surface area contributed by atoms with E-state index < -0.39 is 17.7 Å². The average Bonchev–Trinajstić information content (AvgIpc) is 2.65. The molecular weight excluding hydrogens is 367 g/mol. The molecule has 3 nitrogen and oxygen atoms in total. The first-order valence-electron chi connectivity index (χ1n) is 9.38. The fourth-order valence-electron chi connectivity index (χ4n) is 3.90. The number of halogens is 3. The second-order valence-electron chi connectivity index (χ2n) is 7.53. The molecule has 0 saturated carbocycles. The smallest absolute Gasteiger partial charge is 0.416 e. The van der Waals surface area contributed by atoms with Gasteiger partial charge in [0, 0.05) is 0 Å². The lowest BCUT2D eigenvalue weighted by molar-refractivity contribution is -0.143. The number of hydrogen-bond acceptors (Lipinski definition) is 2. The first kappa shape index (κ1) is 20.4. The number of carbonyl (C=O) groups is 1. The lowest BCUT2D eigenvalue weighted by Crippen LogP contribution is -2.39. The third-order valence-electron chi connectivity index (χ3n) is 5.53. The highest BCUT2D eigenvalue weighted by Crippen LogP contribution is 2.36. The van der Waals surface area contributed by atoms with Gasteiger partial charge in [-0.15, -0.1) is 0 Å². The van der Waals surface area contributed by atoms with Crippen LogP contribution in [-0.2, 0) is 11.0 Å². The molecule has 1 heterocycles. The van der Waals surface area contributed by atoms with Gasteiger partial charge in [-0.1, -0.05) is 35.9 Å². The number of aliphatic carboxylic acids is 1. The summed E-state index contributed by atoms with van der Waals surface area (Å²) in [6, 6.07) is 11.2. The molecule has 3 rings (SSSR count). The average molecular weight is 391 g/mol. The van der Waals surface area contributed by atoms with E-state index in [4.69, 9.17) is 0 Å². The standard InChI is InChI=1S/C22H24F3NO2/c1-14-3-4-15(2)19(13-14)20(26-11-9-17(10-12-26)21(27)28)16-5-7-18(8-6-16)22(23,24)25/h3-8,13,17,20H,9-12H2,1-2H3,(H,27,28). The van der Waals surface area contributed by atoms with E-state index in [1.165, 1.54) is 0 Å². The molecule has 2 aromatic rings. The molecule has 0 spiro atoms. The summed E-state index contributed by atoms with van der Waals surface area (Å²) in [5, 5.41) is 9.26. The van der Waals surface area contributed by atoms with E-state index in [2.05, 4.69) is 11.0 Å². The highest BCUT2D eigenvalue weighted by Gasteiger charge is 2.33. The Kier molecular flexibility index (Phi) is 5.79. The van der Waals surface area contributed by atoms with E-state index in [1.807, 2.05) is 26.0 Å². The Hall–Kier alpha value is -2.34. The Balaban J connectivity index is 1.98. The van der Waals surface area contributed by atoms with E-state index in [9.17, 15) is 23.1 Å². The van der Waals surface area contributed by atoms with Crippen LogP contribution in [0.1, 0.15) is 46.7 Å². The number of carboxylic acid groups (broad SMARTS) is 1. The lowest BCUT2D eigenvalue weighted by Gasteiger charge is -2.38. The van der Waals surface area contributed by atoms with Crippen molar-refractivity contribution >= 4 is 5.97 Å². The molecule has 1 fully saturated rings. The van der Waals surface area contributed by atoms with Crippen LogP contribution in [0.15, 0.2) is 42.5 Å². The van der Waals surface area contributed by atoms with Crippen molar-refractivity contribution in [3.8, 4) is 0 Å². The molecule has 0 bridgehead atoms. The molecule has 1 N–H and O–H groups in total. The fraction of sp³-hybridized carbons (Fsp3) is 0.409. The summed E-state index contributed by atoms with van der Waals surface area (Å²) in [6.45, 7) is 5.17. The maximum absolute atomic E-state index is 13.0. The minimum absolute atomic E-state index is 0.197. The molecule has 0 aromatic heterocycles. The van der Waals surface area contributed by atoms with Gasteiger partial charge in [0.1, 0.15) is 0 Å². The summed E-state index contributed by atoms with van der Waals surface area (Å²) < 4.78 is 38.9. The fourth-order valence-corrected chi connectivity index (χ4v) is 3.90. The van der Waals surface area contributed by atoms with Crippen molar-refractivity contribution in [2.45, 2.75) is 38.9 Å². The van der Waals surface area contributed by atoms with Crippen molar-refractivity contribution < 1.29 is 23.1 Å². The summed E-state index contributed by atoms with van der Waals surface area (Å²) in [7, 11) is 0. The molecule has 1 aliphatic rings. The second-order valence-corrected chi connectivity index (χ2v) is 7.53. The van der Waals surface area contributed by atoms with Gasteiger partial charge in [0.25, 0.3) is 0 Å². The van der Waals surface area contributed by atoms with Gasteiger partial charge in [-0.3, -0.25) is 9.69 Å². The van der Waals surface area contributed by atoms with Crippen molar-refractivity contribution in [1.82, 2.24) is 4.90 Å². The van der Waals surface area contributed by atoms with Crippen LogP contribution in [0.5, 0.6) is 0 Å². The molecule has 0 radical (unpaired) electrons. The van der Waals surface area contributed by atoms with Crippen LogP contribution in [0.3, 0.4) is 0 Å². The molecule has 6 heteroatoms. The Morgan fingerprint density at radius 3 is 2.21 bits per heavy atom. The molecule has 28 heavy (non-hydrogen) atoms. The van der Waals surface area contributed by atoms with Crippen molar-refractivity contribution in [3.63, 3.8) is 0 Å². The molecule has 150 valence electrons. The SMILES string of the molecule is Cc1ccc(C)c(C(c2ccc(C(F)(F)F)cc2)N2CCC(C(=O)O)CC2)c1. The third-order valence-corrected chi connectivity index (χ3v) is 5.53. The molecule has 0 amide bonds. The normalized spacial score (nSPS) is 17.5. The zero-order valence-electron chi connectivity index (χ0n) is 16.0. The molecular formula is C22H24F3NO2. The molecule has 1 atom stereocenters. The minimum atomic E-state index is -4.37. The van der Waals surface area contributed by atoms with Gasteiger partial charge in [0.2, 0.25) is 0 Å². The van der Waals surface area contributed by atoms with Crippen LogP contribution in [0.2, 0.25) is 0 Å². The summed E-state index contributed by atoms with van der Waals surface area (Å²) in [5.41, 5.74) is 3.32. The van der Waals surface area contributed by atoms with Crippen molar-refractivity contribution in [3.05, 3.63) is 70.3 Å². The Morgan fingerprint density at radius 1 is 1.07 bits per heavy atom. The Labute approximate surface area is 162 Å². The predicted molar refractivity (Wildman–Crippen MR) is 101 cm³/mol. The molecule has 2 aromatic carbocycles. The number of nitrogens with zero attached hydrogens (tertiary/aromatic N) is 1. The number of piperidine rings is 1. The summed E-state index contributed by atoms with van der Waals surface area (Å²) in [6.07, 6.45) is -3.29. The maximum Gasteiger partial charge on any atom is 0.416 e. The Bertz CT molecular complexity index is 838. The van der Waals surface area contributed by atoms with Gasteiger partial charge in [-0.05, 0) is 68.6 Å². The van der Waals surface area contributed by atoms with Crippen molar-refractivity contribution in [2.75, 3.05) is 13.1 Å². The maximum atomic E-state index is 13.0. The monoisotopic (exact) mass is 391 g/mol. The van der Waals surface area contributed by atoms with Crippen LogP contribution >= 0.6 is 0 Å². The van der Waals surface area contributed by atoms with Crippen molar-refractivity contribution in [1.29, 1.82) is 0 Å². The van der Waals surface area contributed by atoms with Crippen LogP contribution in [0.4, 0.5) is 13.2 Å². The largest absolute Gasteiger partial charge is 0.481 e. The summed E-state index contributed by atoms with van der Waals surface area (Å²) >= 11 is 0. The van der Waals surface area contributed by atoms with Crippen LogP contribution in [0, 0.1) is 19.8 Å². The van der Waals surface area contributed by atoms with Crippen molar-refractivity contribution in [2.24, 2.45) is 5.92 Å². The topological polar surface area (TPSA) is 40.5 Å². The van der Waals surface area contributed by atoms with Crippen LogP contribution in [-0.4, -0.2) is 29.1 Å². The Morgan fingerprint density at radius 2 is 1.68 bits per heavy atom. The number of hydrogen-bond donors (Lipinski definition) is 1. The van der Waals surface area contributed by atoms with E-state index in [-0.39, 0.29) is 12.0 Å². The lowest BCUT2D eigenvalue weighted by atomic mass is 9.88. The number of benzene rings is 2. The van der Waals surface area contributed by atoms with Gasteiger partial charge in [-0.2, -0.15) is 13.2 Å². The van der Waals surface area contributed by atoms with E-state index >= 15 is 0 Å². The molecule has 1 unspecified atom stereocenters. The zero-order valence-corrected chi connectivity index (χ0v) is 16.0. The van der Waals surface area contributed by atoms with E-state index in [0.717, 1.165) is 34.4 Å². The van der Waals surface area contributed by atoms with Gasteiger partial charge in [-0.25, -0.2) is 0 Å². The number of aryl methyl sites for hydroxylation is 2. The predicted octanol–water partition coefficient (Wildman–Crippen LogP) is 5.21. The summed E-state index contributed by atoms with van der Waals surface area (Å²) in [4.78, 5) is 13.5. The van der Waals surface area contributed by atoms with E-state index in [1.54, 1.807) is 12.1 Å². The van der Waals surface area contributed by atoms with E-state index in [0.29, 0.717) is 25.9 Å². The number of alkyl halides is 3. The van der Waals surface area contributed by atoms with Crippen LogP contribution in [0.25, 0.3) is 0 Å². The number of carboxylic acids is 1. The number of rotatable bonds is 4. The first-order chi connectivity index (χ1) is 13.2. The quantitative estimate of drug-likeness (QED) is 0.778. The van der Waals surface area contributed by atoms with Crippen LogP contribution < -0.4 is 0 Å².